The normalized spacial score (nSPS) is 10.2. The molecule has 5 nitrogen and oxygen atoms in total. The van der Waals surface area contributed by atoms with Crippen LogP contribution in [0.5, 0.6) is 5.75 Å². The fourth-order valence-corrected chi connectivity index (χ4v) is 2.82. The van der Waals surface area contributed by atoms with Crippen LogP contribution >= 0.6 is 31.9 Å². The molecule has 0 aromatic heterocycles. The van der Waals surface area contributed by atoms with Gasteiger partial charge in [-0.3, -0.25) is 9.59 Å². The minimum atomic E-state index is -0.254. The minimum absolute atomic E-state index is 0.0168. The van der Waals surface area contributed by atoms with Gasteiger partial charge in [0.25, 0.3) is 0 Å². The number of benzene rings is 2. The lowest BCUT2D eigenvalue weighted by Gasteiger charge is -2.17. The van der Waals surface area contributed by atoms with Crippen molar-refractivity contribution in [2.75, 3.05) is 25.5 Å². The molecule has 7 heteroatoms. The quantitative estimate of drug-likeness (QED) is 0.664. The number of hydrogen-bond acceptors (Lipinski definition) is 3. The van der Waals surface area contributed by atoms with Crippen molar-refractivity contribution in [1.82, 2.24) is 4.90 Å². The summed E-state index contributed by atoms with van der Waals surface area (Å²) in [6.07, 6.45) is 0.200. The zero-order chi connectivity index (χ0) is 18.2. The van der Waals surface area contributed by atoms with Gasteiger partial charge in [-0.15, -0.1) is 0 Å². The first kappa shape index (κ1) is 19.5. The lowest BCUT2D eigenvalue weighted by molar-refractivity contribution is -0.133. The number of rotatable bonds is 7. The van der Waals surface area contributed by atoms with Gasteiger partial charge in [0.05, 0.1) is 25.3 Å². The Balaban J connectivity index is 1.76. The van der Waals surface area contributed by atoms with Crippen LogP contribution in [0.15, 0.2) is 57.5 Å². The van der Waals surface area contributed by atoms with E-state index in [1.54, 1.807) is 13.1 Å². The summed E-state index contributed by atoms with van der Waals surface area (Å²) in [4.78, 5) is 25.5. The minimum Gasteiger partial charge on any atom is -0.493 e. The number of para-hydroxylation sites is 1. The van der Waals surface area contributed by atoms with Gasteiger partial charge in [0.1, 0.15) is 5.75 Å². The van der Waals surface area contributed by atoms with E-state index >= 15 is 0 Å². The molecule has 0 aliphatic heterocycles. The van der Waals surface area contributed by atoms with Crippen LogP contribution in [0, 0.1) is 0 Å². The highest BCUT2D eigenvalue weighted by Crippen LogP contribution is 2.21. The molecule has 1 N–H and O–H groups in total. The van der Waals surface area contributed by atoms with Crippen molar-refractivity contribution in [2.45, 2.75) is 6.42 Å². The van der Waals surface area contributed by atoms with Crippen LogP contribution in [0.2, 0.25) is 0 Å². The first-order valence-electron chi connectivity index (χ1n) is 7.62. The number of carbonyl (C=O) groups excluding carboxylic acids is 2. The van der Waals surface area contributed by atoms with E-state index in [0.29, 0.717) is 11.4 Å². The molecule has 0 aliphatic rings. The van der Waals surface area contributed by atoms with Crippen molar-refractivity contribution in [3.63, 3.8) is 0 Å². The molecular formula is C18H18Br2N2O3. The molecule has 25 heavy (non-hydrogen) atoms. The van der Waals surface area contributed by atoms with E-state index in [1.165, 1.54) is 4.90 Å². The maximum Gasteiger partial charge on any atom is 0.244 e. The van der Waals surface area contributed by atoms with Crippen molar-refractivity contribution < 1.29 is 14.3 Å². The summed E-state index contributed by atoms with van der Waals surface area (Å²) in [5.41, 5.74) is 0.673. The van der Waals surface area contributed by atoms with E-state index < -0.39 is 0 Å². The first-order valence-corrected chi connectivity index (χ1v) is 9.21. The molecule has 2 amide bonds. The van der Waals surface area contributed by atoms with Crippen molar-refractivity contribution in [3.05, 3.63) is 57.5 Å². The highest BCUT2D eigenvalue weighted by molar-refractivity contribution is 9.10. The predicted octanol–water partition coefficient (Wildman–Crippen LogP) is 4.08. The number of nitrogens with zero attached hydrogens (tertiary/aromatic N) is 1. The van der Waals surface area contributed by atoms with E-state index in [2.05, 4.69) is 37.2 Å². The zero-order valence-electron chi connectivity index (χ0n) is 13.7. The fraction of sp³-hybridized carbons (Fsp3) is 0.222. The van der Waals surface area contributed by atoms with E-state index in [0.717, 1.165) is 8.95 Å². The second-order valence-corrected chi connectivity index (χ2v) is 7.10. The molecule has 0 aliphatic carbocycles. The van der Waals surface area contributed by atoms with Crippen molar-refractivity contribution in [2.24, 2.45) is 0 Å². The average molecular weight is 470 g/mol. The molecule has 0 bridgehead atoms. The largest absolute Gasteiger partial charge is 0.493 e. The summed E-state index contributed by atoms with van der Waals surface area (Å²) in [6, 6.07) is 14.7. The molecule has 0 spiro atoms. The molecule has 2 aromatic carbocycles. The van der Waals surface area contributed by atoms with Crippen LogP contribution in [-0.2, 0) is 9.59 Å². The van der Waals surface area contributed by atoms with Crippen LogP contribution in [0.4, 0.5) is 5.69 Å². The third-order valence-corrected chi connectivity index (χ3v) is 4.52. The third-order valence-electron chi connectivity index (χ3n) is 3.34. The Hall–Kier alpha value is -1.86. The SMILES string of the molecule is CN(CC(=O)Nc1ccccc1Br)C(=O)CCOc1cccc(Br)c1. The number of nitrogens with one attached hydrogen (secondary N) is 1. The fourth-order valence-electron chi connectivity index (χ4n) is 2.06. The Bertz CT molecular complexity index is 753. The molecule has 132 valence electrons. The number of halogens is 2. The average Bonchev–Trinajstić information content (AvgIpc) is 2.57. The van der Waals surface area contributed by atoms with E-state index in [9.17, 15) is 9.59 Å². The van der Waals surface area contributed by atoms with Crippen molar-refractivity contribution >= 4 is 49.4 Å². The van der Waals surface area contributed by atoms with Crippen molar-refractivity contribution in [1.29, 1.82) is 0 Å². The van der Waals surface area contributed by atoms with Crippen LogP contribution < -0.4 is 10.1 Å². The van der Waals surface area contributed by atoms with Gasteiger partial charge in [-0.1, -0.05) is 34.1 Å². The Kier molecular flexibility index (Phi) is 7.46. The maximum atomic E-state index is 12.1. The number of likely N-dealkylation sites (N-methyl/N-ethyl adjacent to an activating group) is 1. The molecular weight excluding hydrogens is 452 g/mol. The summed E-state index contributed by atoms with van der Waals surface area (Å²) in [6.45, 7) is 0.239. The van der Waals surface area contributed by atoms with E-state index in [-0.39, 0.29) is 31.4 Å². The third kappa shape index (κ3) is 6.51. The van der Waals surface area contributed by atoms with Crippen LogP contribution in [-0.4, -0.2) is 36.9 Å². The van der Waals surface area contributed by atoms with Crippen LogP contribution in [0.25, 0.3) is 0 Å². The number of ether oxygens (including phenoxy) is 1. The van der Waals surface area contributed by atoms with Gasteiger partial charge in [0, 0.05) is 16.0 Å². The molecule has 0 heterocycles. The van der Waals surface area contributed by atoms with E-state index in [1.807, 2.05) is 42.5 Å². The van der Waals surface area contributed by atoms with Crippen molar-refractivity contribution in [3.8, 4) is 5.75 Å². The summed E-state index contributed by atoms with van der Waals surface area (Å²) in [7, 11) is 1.60. The summed E-state index contributed by atoms with van der Waals surface area (Å²) in [5, 5.41) is 2.77. The highest BCUT2D eigenvalue weighted by Gasteiger charge is 2.14. The monoisotopic (exact) mass is 468 g/mol. The number of carbonyl (C=O) groups is 2. The molecule has 0 saturated carbocycles. The van der Waals surface area contributed by atoms with Gasteiger partial charge in [0.15, 0.2) is 0 Å². The summed E-state index contributed by atoms with van der Waals surface area (Å²) in [5.74, 6) is 0.282. The predicted molar refractivity (Wildman–Crippen MR) is 105 cm³/mol. The topological polar surface area (TPSA) is 58.6 Å². The van der Waals surface area contributed by atoms with Gasteiger partial charge in [0.2, 0.25) is 11.8 Å². The molecule has 2 rings (SSSR count). The Morgan fingerprint density at radius 1 is 1.12 bits per heavy atom. The standard InChI is InChI=1S/C18H18Br2N2O3/c1-22(12-17(23)21-16-8-3-2-7-15(16)20)18(24)9-10-25-14-6-4-5-13(19)11-14/h2-8,11H,9-10,12H2,1H3,(H,21,23). The summed E-state index contributed by atoms with van der Waals surface area (Å²) >= 11 is 6.73. The maximum absolute atomic E-state index is 12.1. The lowest BCUT2D eigenvalue weighted by Crippen LogP contribution is -2.35. The van der Waals surface area contributed by atoms with Gasteiger partial charge in [-0.05, 0) is 46.3 Å². The Labute approximate surface area is 163 Å². The lowest BCUT2D eigenvalue weighted by atomic mass is 10.3. The van der Waals surface area contributed by atoms with Gasteiger partial charge in [-0.2, -0.15) is 0 Å². The van der Waals surface area contributed by atoms with Gasteiger partial charge in [-0.25, -0.2) is 0 Å². The zero-order valence-corrected chi connectivity index (χ0v) is 16.8. The van der Waals surface area contributed by atoms with Crippen LogP contribution in [0.3, 0.4) is 0 Å². The second-order valence-electron chi connectivity index (χ2n) is 5.33. The first-order chi connectivity index (χ1) is 12.0. The summed E-state index contributed by atoms with van der Waals surface area (Å²) < 4.78 is 7.25. The number of amides is 2. The molecule has 0 fully saturated rings. The smallest absolute Gasteiger partial charge is 0.244 e. The number of anilines is 1. The van der Waals surface area contributed by atoms with Gasteiger partial charge >= 0.3 is 0 Å². The number of hydrogen-bond donors (Lipinski definition) is 1. The molecule has 0 saturated heterocycles. The Morgan fingerprint density at radius 2 is 1.88 bits per heavy atom. The van der Waals surface area contributed by atoms with Gasteiger partial charge < -0.3 is 15.0 Å². The molecule has 0 radical (unpaired) electrons. The van der Waals surface area contributed by atoms with Crippen LogP contribution in [0.1, 0.15) is 6.42 Å². The second kappa shape index (κ2) is 9.58. The van der Waals surface area contributed by atoms with E-state index in [4.69, 9.17) is 4.74 Å². The Morgan fingerprint density at radius 3 is 2.60 bits per heavy atom. The highest BCUT2D eigenvalue weighted by atomic mass is 79.9. The molecule has 0 atom stereocenters. The molecule has 2 aromatic rings. The molecule has 0 unspecified atom stereocenters.